The molecule has 23 heavy (non-hydrogen) atoms. The number of rotatable bonds is 1. The predicted molar refractivity (Wildman–Crippen MR) is 89.7 cm³/mol. The van der Waals surface area contributed by atoms with E-state index in [0.29, 0.717) is 6.54 Å². The van der Waals surface area contributed by atoms with Crippen molar-refractivity contribution in [3.05, 3.63) is 41.5 Å². The molecule has 0 saturated carbocycles. The maximum Gasteiger partial charge on any atom is 0.411 e. The normalized spacial score (nSPS) is 20.7. The molecule has 0 N–H and O–H groups in total. The second-order valence-corrected chi connectivity index (χ2v) is 7.13. The largest absolute Gasteiger partial charge is 0.493 e. The Labute approximate surface area is 138 Å². The minimum atomic E-state index is -0.493. The Morgan fingerprint density at radius 2 is 2.13 bits per heavy atom. The zero-order chi connectivity index (χ0) is 16.4. The fourth-order valence-electron chi connectivity index (χ4n) is 3.19. The van der Waals surface area contributed by atoms with Crippen LogP contribution in [0.15, 0.2) is 30.4 Å². The first kappa shape index (κ1) is 15.9. The molecule has 0 radical (unpaired) electrons. The Kier molecular flexibility index (Phi) is 4.33. The van der Waals surface area contributed by atoms with Crippen LogP contribution in [-0.2, 0) is 11.2 Å². The van der Waals surface area contributed by atoms with E-state index in [1.54, 1.807) is 0 Å². The monoisotopic (exact) mass is 315 g/mol. The average Bonchev–Trinajstić information content (AvgIpc) is 2.81. The van der Waals surface area contributed by atoms with Crippen molar-refractivity contribution in [2.24, 2.45) is 0 Å². The van der Waals surface area contributed by atoms with Crippen molar-refractivity contribution in [2.45, 2.75) is 51.7 Å². The molecule has 0 fully saturated rings. The van der Waals surface area contributed by atoms with Gasteiger partial charge in [0.25, 0.3) is 0 Å². The quantitative estimate of drug-likeness (QED) is 0.727. The molecule has 3 rings (SSSR count). The number of hydrogen-bond donors (Lipinski definition) is 0. The van der Waals surface area contributed by atoms with Gasteiger partial charge in [-0.1, -0.05) is 30.4 Å². The molecule has 0 bridgehead atoms. The summed E-state index contributed by atoms with van der Waals surface area (Å²) in [6.07, 6.45) is 6.71. The van der Waals surface area contributed by atoms with Gasteiger partial charge in [0.05, 0.1) is 12.6 Å². The SMILES string of the molecule is CC(C)(C)OC(=O)N1CC=CCCC1c1cccc2c1OCC2. The number of fused-ring (bicyclic) bond motifs is 1. The van der Waals surface area contributed by atoms with Crippen molar-refractivity contribution in [1.29, 1.82) is 0 Å². The van der Waals surface area contributed by atoms with Crippen LogP contribution in [0.3, 0.4) is 0 Å². The van der Waals surface area contributed by atoms with Gasteiger partial charge in [-0.05, 0) is 39.2 Å². The van der Waals surface area contributed by atoms with Gasteiger partial charge in [-0.3, -0.25) is 4.90 Å². The third kappa shape index (κ3) is 3.52. The number of carbonyl (C=O) groups is 1. The Hall–Kier alpha value is -1.97. The maximum absolute atomic E-state index is 12.7. The molecule has 0 aromatic heterocycles. The Morgan fingerprint density at radius 3 is 2.91 bits per heavy atom. The molecule has 2 aliphatic heterocycles. The van der Waals surface area contributed by atoms with E-state index in [1.807, 2.05) is 31.7 Å². The Morgan fingerprint density at radius 1 is 1.30 bits per heavy atom. The molecule has 1 amide bonds. The number of nitrogens with zero attached hydrogens (tertiary/aromatic N) is 1. The summed E-state index contributed by atoms with van der Waals surface area (Å²) >= 11 is 0. The van der Waals surface area contributed by atoms with Crippen molar-refractivity contribution in [3.63, 3.8) is 0 Å². The highest BCUT2D eigenvalue weighted by Crippen LogP contribution is 2.39. The number of amides is 1. The highest BCUT2D eigenvalue weighted by atomic mass is 16.6. The first-order chi connectivity index (χ1) is 11.0. The fourth-order valence-corrected chi connectivity index (χ4v) is 3.19. The number of carbonyl (C=O) groups excluding carboxylic acids is 1. The summed E-state index contributed by atoms with van der Waals surface area (Å²) in [6.45, 7) is 7.00. The van der Waals surface area contributed by atoms with E-state index in [-0.39, 0.29) is 12.1 Å². The van der Waals surface area contributed by atoms with Gasteiger partial charge < -0.3 is 9.47 Å². The van der Waals surface area contributed by atoms with Crippen LogP contribution in [0.4, 0.5) is 4.79 Å². The van der Waals surface area contributed by atoms with Gasteiger partial charge in [0, 0.05) is 18.5 Å². The summed E-state index contributed by atoms with van der Waals surface area (Å²) in [5.41, 5.74) is 1.85. The molecule has 0 aliphatic carbocycles. The van der Waals surface area contributed by atoms with E-state index >= 15 is 0 Å². The second kappa shape index (κ2) is 6.26. The second-order valence-electron chi connectivity index (χ2n) is 7.13. The minimum absolute atomic E-state index is 0.00657. The predicted octanol–water partition coefficient (Wildman–Crippen LogP) is 4.25. The first-order valence-corrected chi connectivity index (χ1v) is 8.35. The summed E-state index contributed by atoms with van der Waals surface area (Å²) in [4.78, 5) is 14.5. The fraction of sp³-hybridized carbons (Fsp3) is 0.526. The lowest BCUT2D eigenvalue weighted by atomic mass is 9.97. The number of benzene rings is 1. The number of hydrogen-bond acceptors (Lipinski definition) is 3. The highest BCUT2D eigenvalue weighted by molar-refractivity contribution is 5.69. The van der Waals surface area contributed by atoms with Crippen molar-refractivity contribution in [2.75, 3.05) is 13.2 Å². The van der Waals surface area contributed by atoms with E-state index in [9.17, 15) is 4.79 Å². The summed E-state index contributed by atoms with van der Waals surface area (Å²) in [6, 6.07) is 6.25. The lowest BCUT2D eigenvalue weighted by Gasteiger charge is -2.33. The number of para-hydroxylation sites is 1. The lowest BCUT2D eigenvalue weighted by molar-refractivity contribution is 0.0180. The Bertz CT molecular complexity index is 616. The van der Waals surface area contributed by atoms with Gasteiger partial charge in [-0.15, -0.1) is 0 Å². The van der Waals surface area contributed by atoms with E-state index in [0.717, 1.165) is 37.2 Å². The summed E-state index contributed by atoms with van der Waals surface area (Å²) in [7, 11) is 0. The number of allylic oxidation sites excluding steroid dienone is 1. The molecule has 1 aromatic rings. The van der Waals surface area contributed by atoms with Gasteiger partial charge >= 0.3 is 6.09 Å². The molecule has 124 valence electrons. The molecule has 2 aliphatic rings. The van der Waals surface area contributed by atoms with Crippen LogP contribution in [0, 0.1) is 0 Å². The van der Waals surface area contributed by atoms with Crippen molar-refractivity contribution >= 4 is 6.09 Å². The zero-order valence-electron chi connectivity index (χ0n) is 14.2. The summed E-state index contributed by atoms with van der Waals surface area (Å²) < 4.78 is 11.5. The highest BCUT2D eigenvalue weighted by Gasteiger charge is 2.32. The Balaban J connectivity index is 1.92. The molecule has 4 nitrogen and oxygen atoms in total. The van der Waals surface area contributed by atoms with Gasteiger partial charge in [0.15, 0.2) is 0 Å². The molecule has 0 saturated heterocycles. The summed E-state index contributed by atoms with van der Waals surface area (Å²) in [5, 5.41) is 0. The van der Waals surface area contributed by atoms with Crippen LogP contribution >= 0.6 is 0 Å². The molecule has 1 aromatic carbocycles. The summed E-state index contributed by atoms with van der Waals surface area (Å²) in [5.74, 6) is 0.966. The molecular formula is C19H25NO3. The zero-order valence-corrected chi connectivity index (χ0v) is 14.2. The first-order valence-electron chi connectivity index (χ1n) is 8.35. The molecular weight excluding hydrogens is 290 g/mol. The molecule has 4 heteroatoms. The van der Waals surface area contributed by atoms with Crippen LogP contribution in [0.5, 0.6) is 5.75 Å². The standard InChI is InChI=1S/C19H25NO3/c1-19(2,3)23-18(21)20-12-6-4-5-10-16(20)15-9-7-8-14-11-13-22-17(14)15/h4,6-9,16H,5,10-13H2,1-3H3. The van der Waals surface area contributed by atoms with E-state index in [2.05, 4.69) is 24.3 Å². The molecule has 2 heterocycles. The molecule has 1 atom stereocenters. The van der Waals surface area contributed by atoms with Gasteiger partial charge in [0.2, 0.25) is 0 Å². The van der Waals surface area contributed by atoms with Gasteiger partial charge in [-0.2, -0.15) is 0 Å². The topological polar surface area (TPSA) is 38.8 Å². The van der Waals surface area contributed by atoms with Crippen LogP contribution < -0.4 is 4.74 Å². The maximum atomic E-state index is 12.7. The van der Waals surface area contributed by atoms with Crippen molar-refractivity contribution < 1.29 is 14.3 Å². The van der Waals surface area contributed by atoms with E-state index < -0.39 is 5.60 Å². The third-order valence-electron chi connectivity index (χ3n) is 4.18. The van der Waals surface area contributed by atoms with Gasteiger partial charge in [0.1, 0.15) is 11.4 Å². The minimum Gasteiger partial charge on any atom is -0.493 e. The van der Waals surface area contributed by atoms with Crippen LogP contribution in [-0.4, -0.2) is 29.7 Å². The van der Waals surface area contributed by atoms with Crippen molar-refractivity contribution in [3.8, 4) is 5.75 Å². The lowest BCUT2D eigenvalue weighted by Crippen LogP contribution is -2.39. The van der Waals surface area contributed by atoms with Crippen LogP contribution in [0.25, 0.3) is 0 Å². The van der Waals surface area contributed by atoms with Crippen molar-refractivity contribution in [1.82, 2.24) is 4.90 Å². The molecule has 1 unspecified atom stereocenters. The van der Waals surface area contributed by atoms with E-state index in [1.165, 1.54) is 5.56 Å². The van der Waals surface area contributed by atoms with Crippen LogP contribution in [0.1, 0.15) is 50.8 Å². The van der Waals surface area contributed by atoms with Gasteiger partial charge in [-0.25, -0.2) is 4.79 Å². The van der Waals surface area contributed by atoms with E-state index in [4.69, 9.17) is 9.47 Å². The van der Waals surface area contributed by atoms with Crippen LogP contribution in [0.2, 0.25) is 0 Å². The third-order valence-corrected chi connectivity index (χ3v) is 4.18. The average molecular weight is 315 g/mol. The smallest absolute Gasteiger partial charge is 0.411 e. The molecule has 0 spiro atoms. The number of ether oxygens (including phenoxy) is 2.